The van der Waals surface area contributed by atoms with E-state index in [2.05, 4.69) is 48.3 Å². The smallest absolute Gasteiger partial charge is 0.169 e. The number of fused-ring (bicyclic) bond motifs is 1. The zero-order valence-corrected chi connectivity index (χ0v) is 17.2. The lowest BCUT2D eigenvalue weighted by molar-refractivity contribution is -0.118. The fourth-order valence-electron chi connectivity index (χ4n) is 4.10. The van der Waals surface area contributed by atoms with Gasteiger partial charge >= 0.3 is 0 Å². The number of nitrogens with zero attached hydrogens (tertiary/aromatic N) is 1. The molecular weight excluding hydrogens is 362 g/mol. The average Bonchev–Trinajstić information content (AvgIpc) is 2.71. The summed E-state index contributed by atoms with van der Waals surface area (Å²) in [6.45, 7) is 0.709. The van der Waals surface area contributed by atoms with Crippen molar-refractivity contribution in [1.29, 1.82) is 0 Å². The highest BCUT2D eigenvalue weighted by Crippen LogP contribution is 2.41. The van der Waals surface area contributed by atoms with Crippen molar-refractivity contribution in [3.63, 3.8) is 0 Å². The van der Waals surface area contributed by atoms with E-state index in [1.807, 2.05) is 6.07 Å². The third-order valence-electron chi connectivity index (χ3n) is 5.55. The zero-order valence-electron chi connectivity index (χ0n) is 16.4. The first-order valence-electron chi connectivity index (χ1n) is 9.26. The summed E-state index contributed by atoms with van der Waals surface area (Å²) in [7, 11) is 7.16. The Morgan fingerprint density at radius 3 is 2.56 bits per heavy atom. The molecule has 0 heterocycles. The highest BCUT2D eigenvalue weighted by Gasteiger charge is 2.34. The van der Waals surface area contributed by atoms with Gasteiger partial charge in [-0.2, -0.15) is 0 Å². The lowest BCUT2D eigenvalue weighted by Crippen LogP contribution is -2.44. The maximum atomic E-state index is 6.27. The van der Waals surface area contributed by atoms with Crippen LogP contribution in [0.2, 0.25) is 5.02 Å². The highest BCUT2D eigenvalue weighted by molar-refractivity contribution is 6.32. The largest absolute Gasteiger partial charge is 0.495 e. The van der Waals surface area contributed by atoms with Crippen LogP contribution < -0.4 is 4.74 Å². The van der Waals surface area contributed by atoms with Gasteiger partial charge in [0, 0.05) is 32.7 Å². The molecule has 0 saturated heterocycles. The van der Waals surface area contributed by atoms with Gasteiger partial charge in [-0.15, -0.1) is 0 Å². The molecule has 0 aromatic heterocycles. The number of likely N-dealkylation sites (N-methyl/N-ethyl adjacent to an activating group) is 1. The Balaban J connectivity index is 2.00. The predicted molar refractivity (Wildman–Crippen MR) is 109 cm³/mol. The number of hydrogen-bond acceptors (Lipinski definition) is 4. The summed E-state index contributed by atoms with van der Waals surface area (Å²) >= 11 is 6.27. The third kappa shape index (κ3) is 4.30. The molecule has 0 spiro atoms. The molecule has 4 nitrogen and oxygen atoms in total. The Morgan fingerprint density at radius 2 is 1.85 bits per heavy atom. The van der Waals surface area contributed by atoms with Crippen molar-refractivity contribution in [1.82, 2.24) is 4.90 Å². The van der Waals surface area contributed by atoms with E-state index in [1.54, 1.807) is 21.3 Å². The van der Waals surface area contributed by atoms with Gasteiger partial charge < -0.3 is 14.2 Å². The standard InChI is InChI=1S/C22H28ClNO3/c1-24(14-21(26-3)27-4)19-12-10-15-7-5-6-8-17(15)22(19)16-9-11-18(23)20(13-16)25-2/h5-9,11,13,19,21-22H,10,12,14H2,1-4H3. The molecule has 27 heavy (non-hydrogen) atoms. The topological polar surface area (TPSA) is 30.9 Å². The van der Waals surface area contributed by atoms with Crippen molar-refractivity contribution in [2.24, 2.45) is 0 Å². The minimum Gasteiger partial charge on any atom is -0.495 e. The first kappa shape index (κ1) is 20.2. The van der Waals surface area contributed by atoms with Gasteiger partial charge in [-0.25, -0.2) is 0 Å². The van der Waals surface area contributed by atoms with Crippen molar-refractivity contribution < 1.29 is 14.2 Å². The van der Waals surface area contributed by atoms with Crippen LogP contribution >= 0.6 is 11.6 Å². The monoisotopic (exact) mass is 389 g/mol. The molecule has 0 N–H and O–H groups in total. The number of ether oxygens (including phenoxy) is 3. The quantitative estimate of drug-likeness (QED) is 0.659. The fraction of sp³-hybridized carbons (Fsp3) is 0.455. The van der Waals surface area contributed by atoms with Crippen LogP contribution in [-0.4, -0.2) is 52.2 Å². The van der Waals surface area contributed by atoms with E-state index in [1.165, 1.54) is 16.7 Å². The molecule has 2 aromatic carbocycles. The maximum Gasteiger partial charge on any atom is 0.169 e. The molecule has 0 fully saturated rings. The molecule has 5 heteroatoms. The molecule has 0 saturated carbocycles. The Hall–Kier alpha value is -1.59. The van der Waals surface area contributed by atoms with Gasteiger partial charge in [0.2, 0.25) is 0 Å². The number of aryl methyl sites for hydroxylation is 1. The van der Waals surface area contributed by atoms with Crippen LogP contribution in [0.4, 0.5) is 0 Å². The van der Waals surface area contributed by atoms with E-state index in [-0.39, 0.29) is 12.2 Å². The maximum absolute atomic E-state index is 6.27. The van der Waals surface area contributed by atoms with Gasteiger partial charge in [0.15, 0.2) is 6.29 Å². The van der Waals surface area contributed by atoms with Crippen molar-refractivity contribution >= 4 is 11.6 Å². The van der Waals surface area contributed by atoms with Crippen LogP contribution in [0.5, 0.6) is 5.75 Å². The van der Waals surface area contributed by atoms with Gasteiger partial charge in [0.05, 0.1) is 12.1 Å². The Kier molecular flexibility index (Phi) is 6.77. The zero-order chi connectivity index (χ0) is 19.4. The number of benzene rings is 2. The molecule has 2 aromatic rings. The number of methoxy groups -OCH3 is 3. The summed E-state index contributed by atoms with van der Waals surface area (Å²) < 4.78 is 16.3. The molecule has 146 valence electrons. The van der Waals surface area contributed by atoms with Crippen molar-refractivity contribution in [3.8, 4) is 5.75 Å². The molecule has 0 bridgehead atoms. The summed E-state index contributed by atoms with van der Waals surface area (Å²) in [6.07, 6.45) is 1.90. The molecule has 0 amide bonds. The van der Waals surface area contributed by atoms with Gasteiger partial charge in [0.1, 0.15) is 5.75 Å². The van der Waals surface area contributed by atoms with E-state index in [0.717, 1.165) is 12.8 Å². The van der Waals surface area contributed by atoms with E-state index >= 15 is 0 Å². The second kappa shape index (κ2) is 9.07. The third-order valence-corrected chi connectivity index (χ3v) is 5.86. The lowest BCUT2D eigenvalue weighted by Gasteiger charge is -2.40. The van der Waals surface area contributed by atoms with Crippen molar-refractivity contribution in [3.05, 3.63) is 64.2 Å². The van der Waals surface area contributed by atoms with Gasteiger partial charge in [-0.3, -0.25) is 4.90 Å². The molecule has 2 atom stereocenters. The highest BCUT2D eigenvalue weighted by atomic mass is 35.5. The molecule has 0 radical (unpaired) electrons. The summed E-state index contributed by atoms with van der Waals surface area (Å²) in [5.41, 5.74) is 4.00. The summed E-state index contributed by atoms with van der Waals surface area (Å²) in [4.78, 5) is 2.35. The number of halogens is 1. The van der Waals surface area contributed by atoms with Crippen LogP contribution in [0.25, 0.3) is 0 Å². The summed E-state index contributed by atoms with van der Waals surface area (Å²) in [5.74, 6) is 0.950. The second-order valence-electron chi connectivity index (χ2n) is 7.02. The van der Waals surface area contributed by atoms with Crippen LogP contribution in [-0.2, 0) is 15.9 Å². The molecule has 1 aliphatic carbocycles. The van der Waals surface area contributed by atoms with Crippen LogP contribution in [0.1, 0.15) is 29.0 Å². The summed E-state index contributed by atoms with van der Waals surface area (Å²) in [6, 6.07) is 15.2. The van der Waals surface area contributed by atoms with Crippen LogP contribution in [0, 0.1) is 0 Å². The van der Waals surface area contributed by atoms with Gasteiger partial charge in [-0.1, -0.05) is 41.9 Å². The van der Waals surface area contributed by atoms with Crippen molar-refractivity contribution in [2.75, 3.05) is 34.9 Å². The number of hydrogen-bond donors (Lipinski definition) is 0. The van der Waals surface area contributed by atoms with Gasteiger partial charge in [0.25, 0.3) is 0 Å². The minimum absolute atomic E-state index is 0.237. The average molecular weight is 390 g/mol. The molecule has 0 aliphatic heterocycles. The normalized spacial score (nSPS) is 19.4. The van der Waals surface area contributed by atoms with Crippen LogP contribution in [0.3, 0.4) is 0 Å². The SMILES string of the molecule is COc1cc(C2c3ccccc3CCC2N(C)CC(OC)OC)ccc1Cl. The fourth-order valence-corrected chi connectivity index (χ4v) is 4.30. The Bertz CT molecular complexity index is 763. The molecular formula is C22H28ClNO3. The molecule has 3 rings (SSSR count). The number of rotatable bonds is 7. The first-order valence-corrected chi connectivity index (χ1v) is 9.63. The Labute approximate surface area is 167 Å². The van der Waals surface area contributed by atoms with Crippen molar-refractivity contribution in [2.45, 2.75) is 31.1 Å². The van der Waals surface area contributed by atoms with E-state index in [4.69, 9.17) is 25.8 Å². The summed E-state index contributed by atoms with van der Waals surface area (Å²) in [5, 5.41) is 0.633. The first-order chi connectivity index (χ1) is 13.1. The van der Waals surface area contributed by atoms with Gasteiger partial charge in [-0.05, 0) is 48.7 Å². The lowest BCUT2D eigenvalue weighted by atomic mass is 9.75. The van der Waals surface area contributed by atoms with Crippen LogP contribution in [0.15, 0.2) is 42.5 Å². The molecule has 1 aliphatic rings. The minimum atomic E-state index is -0.243. The molecule has 2 unspecified atom stereocenters. The van der Waals surface area contributed by atoms with E-state index < -0.39 is 0 Å². The Morgan fingerprint density at radius 1 is 1.11 bits per heavy atom. The second-order valence-corrected chi connectivity index (χ2v) is 7.42. The van der Waals surface area contributed by atoms with E-state index in [0.29, 0.717) is 23.4 Å². The predicted octanol–water partition coefficient (Wildman–Crippen LogP) is 4.35. The van der Waals surface area contributed by atoms with E-state index in [9.17, 15) is 0 Å².